The van der Waals surface area contributed by atoms with Gasteiger partial charge in [0.2, 0.25) is 5.91 Å². The number of thioether (sulfide) groups is 1. The number of nitrogens with zero attached hydrogens (tertiary/aromatic N) is 2. The molecule has 1 aromatic heterocycles. The number of aromatic nitrogens is 2. The fraction of sp³-hybridized carbons (Fsp3) is 0.538. The summed E-state index contributed by atoms with van der Waals surface area (Å²) in [5, 5.41) is 11.9. The quantitative estimate of drug-likeness (QED) is 0.608. The molecular formula is C13H19N3O3S. The smallest absolute Gasteiger partial charge is 0.325 e. The molecule has 0 radical (unpaired) electrons. The highest BCUT2D eigenvalue weighted by molar-refractivity contribution is 7.98. The van der Waals surface area contributed by atoms with Crippen LogP contribution in [0.15, 0.2) is 5.16 Å². The first kappa shape index (κ1) is 16.4. The predicted octanol–water partition coefficient (Wildman–Crippen LogP) is 1.34. The Kier molecular flexibility index (Phi) is 5.94. The van der Waals surface area contributed by atoms with E-state index in [0.717, 1.165) is 17.0 Å². The van der Waals surface area contributed by atoms with Crippen molar-refractivity contribution < 1.29 is 14.7 Å². The van der Waals surface area contributed by atoms with Gasteiger partial charge in [0.15, 0.2) is 5.16 Å². The Bertz CT molecular complexity index is 497. The highest BCUT2D eigenvalue weighted by Gasteiger charge is 2.15. The van der Waals surface area contributed by atoms with E-state index in [1.165, 1.54) is 18.7 Å². The first-order valence-electron chi connectivity index (χ1n) is 6.25. The van der Waals surface area contributed by atoms with Gasteiger partial charge in [-0.05, 0) is 39.0 Å². The second-order valence-electron chi connectivity index (χ2n) is 4.49. The first-order valence-corrected chi connectivity index (χ1v) is 7.48. The average Bonchev–Trinajstić information content (AvgIpc) is 2.37. The summed E-state index contributed by atoms with van der Waals surface area (Å²) in [6.07, 6.45) is 2.64. The van der Waals surface area contributed by atoms with Crippen molar-refractivity contribution in [1.82, 2.24) is 15.3 Å². The molecule has 1 amide bonds. The normalized spacial score (nSPS) is 12.0. The second kappa shape index (κ2) is 7.23. The molecule has 0 bridgehead atoms. The molecule has 0 spiro atoms. The summed E-state index contributed by atoms with van der Waals surface area (Å²) in [5.74, 6) is -1.33. The van der Waals surface area contributed by atoms with Crippen LogP contribution in [0.2, 0.25) is 0 Å². The predicted molar refractivity (Wildman–Crippen MR) is 76.8 cm³/mol. The summed E-state index contributed by atoms with van der Waals surface area (Å²) in [4.78, 5) is 31.0. The van der Waals surface area contributed by atoms with Gasteiger partial charge in [0.05, 0.1) is 0 Å². The zero-order valence-electron chi connectivity index (χ0n) is 12.1. The minimum absolute atomic E-state index is 0.223. The van der Waals surface area contributed by atoms with Gasteiger partial charge in [0, 0.05) is 17.8 Å². The molecule has 1 atom stereocenters. The van der Waals surface area contributed by atoms with Gasteiger partial charge in [-0.2, -0.15) is 0 Å². The standard InChI is InChI=1S/C13H19N3O3S/c1-7-10(8(2)16-13(15-7)20-4)5-6-11(17)14-9(3)12(18)19/h9H,5-6H2,1-4H3,(H,14,17)(H,18,19). The minimum Gasteiger partial charge on any atom is -0.480 e. The van der Waals surface area contributed by atoms with Gasteiger partial charge in [0.25, 0.3) is 0 Å². The van der Waals surface area contributed by atoms with Crippen LogP contribution in [0.3, 0.4) is 0 Å². The minimum atomic E-state index is -1.04. The van der Waals surface area contributed by atoms with Crippen molar-refractivity contribution in [1.29, 1.82) is 0 Å². The zero-order chi connectivity index (χ0) is 15.3. The molecule has 0 aliphatic carbocycles. The van der Waals surface area contributed by atoms with Crippen LogP contribution in [0.25, 0.3) is 0 Å². The fourth-order valence-corrected chi connectivity index (χ4v) is 2.23. The molecule has 6 nitrogen and oxygen atoms in total. The van der Waals surface area contributed by atoms with E-state index in [1.807, 2.05) is 20.1 Å². The summed E-state index contributed by atoms with van der Waals surface area (Å²) in [6.45, 7) is 5.22. The highest BCUT2D eigenvalue weighted by atomic mass is 32.2. The molecule has 7 heteroatoms. The van der Waals surface area contributed by atoms with Crippen molar-refractivity contribution in [3.05, 3.63) is 17.0 Å². The van der Waals surface area contributed by atoms with E-state index in [-0.39, 0.29) is 12.3 Å². The monoisotopic (exact) mass is 297 g/mol. The van der Waals surface area contributed by atoms with Crippen LogP contribution in [0.4, 0.5) is 0 Å². The molecule has 2 N–H and O–H groups in total. The number of carboxylic acids is 1. The van der Waals surface area contributed by atoms with Gasteiger partial charge in [0.1, 0.15) is 6.04 Å². The van der Waals surface area contributed by atoms with Crippen molar-refractivity contribution in [2.45, 2.75) is 44.8 Å². The average molecular weight is 297 g/mol. The maximum Gasteiger partial charge on any atom is 0.325 e. The van der Waals surface area contributed by atoms with E-state index in [2.05, 4.69) is 15.3 Å². The van der Waals surface area contributed by atoms with Crippen LogP contribution >= 0.6 is 11.8 Å². The Labute approximate surface area is 122 Å². The molecule has 1 unspecified atom stereocenters. The number of amides is 1. The van der Waals surface area contributed by atoms with E-state index < -0.39 is 12.0 Å². The van der Waals surface area contributed by atoms with Gasteiger partial charge in [-0.1, -0.05) is 11.8 Å². The van der Waals surface area contributed by atoms with Crippen molar-refractivity contribution in [3.63, 3.8) is 0 Å². The molecule has 110 valence electrons. The van der Waals surface area contributed by atoms with E-state index >= 15 is 0 Å². The third-order valence-corrected chi connectivity index (χ3v) is 3.48. The van der Waals surface area contributed by atoms with Crippen LogP contribution in [0, 0.1) is 13.8 Å². The number of carbonyl (C=O) groups is 2. The Morgan fingerprint density at radius 2 is 1.85 bits per heavy atom. The van der Waals surface area contributed by atoms with Crippen LogP contribution in [0.1, 0.15) is 30.3 Å². The molecular weight excluding hydrogens is 278 g/mol. The van der Waals surface area contributed by atoms with E-state index in [4.69, 9.17) is 5.11 Å². The largest absolute Gasteiger partial charge is 0.480 e. The number of carboxylic acid groups (broad SMARTS) is 1. The molecule has 1 rings (SSSR count). The maximum absolute atomic E-state index is 11.7. The Morgan fingerprint density at radius 3 is 2.30 bits per heavy atom. The van der Waals surface area contributed by atoms with Gasteiger partial charge in [-0.3, -0.25) is 9.59 Å². The third kappa shape index (κ3) is 4.48. The summed E-state index contributed by atoms with van der Waals surface area (Å²) in [6, 6.07) is -0.875. The lowest BCUT2D eigenvalue weighted by atomic mass is 10.1. The summed E-state index contributed by atoms with van der Waals surface area (Å²) in [5.41, 5.74) is 2.67. The lowest BCUT2D eigenvalue weighted by Crippen LogP contribution is -2.38. The first-order chi connectivity index (χ1) is 9.35. The van der Waals surface area contributed by atoms with Gasteiger partial charge in [-0.15, -0.1) is 0 Å². The molecule has 20 heavy (non-hydrogen) atoms. The number of hydrogen-bond donors (Lipinski definition) is 2. The van der Waals surface area contributed by atoms with Crippen LogP contribution in [0.5, 0.6) is 0 Å². The van der Waals surface area contributed by atoms with Gasteiger partial charge < -0.3 is 10.4 Å². The molecule has 0 saturated heterocycles. The number of hydrogen-bond acceptors (Lipinski definition) is 5. The molecule has 0 aliphatic heterocycles. The summed E-state index contributed by atoms with van der Waals surface area (Å²) >= 11 is 1.48. The van der Waals surface area contributed by atoms with E-state index in [9.17, 15) is 9.59 Å². The van der Waals surface area contributed by atoms with Crippen molar-refractivity contribution in [2.24, 2.45) is 0 Å². The number of nitrogens with one attached hydrogen (secondary N) is 1. The Hall–Kier alpha value is -1.63. The summed E-state index contributed by atoms with van der Waals surface area (Å²) < 4.78 is 0. The molecule has 0 aliphatic rings. The number of carbonyl (C=O) groups excluding carboxylic acids is 1. The van der Waals surface area contributed by atoms with Crippen molar-refractivity contribution in [2.75, 3.05) is 6.26 Å². The third-order valence-electron chi connectivity index (χ3n) is 2.93. The topological polar surface area (TPSA) is 92.2 Å². The fourth-order valence-electron chi connectivity index (χ4n) is 1.78. The molecule has 1 heterocycles. The van der Waals surface area contributed by atoms with E-state index in [1.54, 1.807) is 0 Å². The number of rotatable bonds is 6. The number of aryl methyl sites for hydroxylation is 2. The van der Waals surface area contributed by atoms with Crippen LogP contribution in [-0.4, -0.2) is 39.2 Å². The Morgan fingerprint density at radius 1 is 1.30 bits per heavy atom. The van der Waals surface area contributed by atoms with Crippen LogP contribution in [-0.2, 0) is 16.0 Å². The zero-order valence-corrected chi connectivity index (χ0v) is 12.9. The molecule has 0 aromatic carbocycles. The second-order valence-corrected chi connectivity index (χ2v) is 5.26. The SMILES string of the molecule is CSc1nc(C)c(CCC(=O)NC(C)C(=O)O)c(C)n1. The van der Waals surface area contributed by atoms with Crippen LogP contribution < -0.4 is 5.32 Å². The van der Waals surface area contributed by atoms with Crippen molar-refractivity contribution >= 4 is 23.6 Å². The molecule has 0 saturated carbocycles. The summed E-state index contributed by atoms with van der Waals surface area (Å²) in [7, 11) is 0. The van der Waals surface area contributed by atoms with E-state index in [0.29, 0.717) is 11.6 Å². The lowest BCUT2D eigenvalue weighted by molar-refractivity contribution is -0.141. The van der Waals surface area contributed by atoms with Gasteiger partial charge in [-0.25, -0.2) is 9.97 Å². The maximum atomic E-state index is 11.7. The Balaban J connectivity index is 2.66. The van der Waals surface area contributed by atoms with Crippen molar-refractivity contribution in [3.8, 4) is 0 Å². The lowest BCUT2D eigenvalue weighted by Gasteiger charge is -2.11. The highest BCUT2D eigenvalue weighted by Crippen LogP contribution is 2.17. The number of aliphatic carboxylic acids is 1. The van der Waals surface area contributed by atoms with Gasteiger partial charge >= 0.3 is 5.97 Å². The molecule has 0 fully saturated rings. The molecule has 1 aromatic rings.